The van der Waals surface area contributed by atoms with E-state index in [4.69, 9.17) is 0 Å². The fourth-order valence-corrected chi connectivity index (χ4v) is 3.80. The van der Waals surface area contributed by atoms with Crippen molar-refractivity contribution in [2.24, 2.45) is 0 Å². The molecule has 0 amide bonds. The van der Waals surface area contributed by atoms with Gasteiger partial charge in [0.1, 0.15) is 0 Å². The summed E-state index contributed by atoms with van der Waals surface area (Å²) in [6.07, 6.45) is 1.93. The summed E-state index contributed by atoms with van der Waals surface area (Å²) in [5, 5.41) is 1.64. The van der Waals surface area contributed by atoms with E-state index in [9.17, 15) is 4.21 Å². The van der Waals surface area contributed by atoms with Crippen LogP contribution in [0.4, 0.5) is 0 Å². The van der Waals surface area contributed by atoms with Crippen LogP contribution in [0.2, 0.25) is 0 Å². The minimum Gasteiger partial charge on any atom is -0.254 e. The van der Waals surface area contributed by atoms with Gasteiger partial charge in [0, 0.05) is 5.41 Å². The first kappa shape index (κ1) is 15.4. The molecular formula is C21H18OS. The summed E-state index contributed by atoms with van der Waals surface area (Å²) in [5.74, 6) is 0. The third-order valence-corrected chi connectivity index (χ3v) is 5.04. The number of hydrogen-bond donors (Lipinski definition) is 0. The van der Waals surface area contributed by atoms with Crippen molar-refractivity contribution in [1.82, 2.24) is 0 Å². The molecule has 0 aromatic heterocycles. The molecule has 0 bridgehead atoms. The molecule has 0 aliphatic rings. The molecule has 0 aliphatic carbocycles. The predicted molar refractivity (Wildman–Crippen MR) is 98.3 cm³/mol. The summed E-state index contributed by atoms with van der Waals surface area (Å²) in [5.41, 5.74) is 3.19. The highest BCUT2D eigenvalue weighted by atomic mass is 32.2. The number of rotatable bonds is 5. The van der Waals surface area contributed by atoms with Gasteiger partial charge in [-0.25, -0.2) is 0 Å². The zero-order chi connectivity index (χ0) is 15.9. The van der Waals surface area contributed by atoms with Gasteiger partial charge < -0.3 is 0 Å². The second-order valence-electron chi connectivity index (χ2n) is 5.24. The van der Waals surface area contributed by atoms with Gasteiger partial charge in [0.2, 0.25) is 0 Å². The Bertz CT molecular complexity index is 740. The maximum Gasteiger partial charge on any atom is 0.0887 e. The molecule has 2 heteroatoms. The minimum absolute atomic E-state index is 0.155. The standard InChI is InChI=1S/C21H18OS/c22-23(17-16-18-10-4-1-5-11-18)21(19-12-6-2-7-13-19)20-14-8-3-9-15-20/h1-17,21H/b17-16-. The normalized spacial score (nSPS) is 12.6. The third-order valence-electron chi connectivity index (χ3n) is 3.63. The monoisotopic (exact) mass is 318 g/mol. The average molecular weight is 318 g/mol. The smallest absolute Gasteiger partial charge is 0.0887 e. The molecule has 1 unspecified atom stereocenters. The van der Waals surface area contributed by atoms with Crippen LogP contribution in [0, 0.1) is 0 Å². The summed E-state index contributed by atoms with van der Waals surface area (Å²) >= 11 is 0. The lowest BCUT2D eigenvalue weighted by molar-refractivity contribution is 0.684. The molecule has 0 N–H and O–H groups in total. The van der Waals surface area contributed by atoms with Crippen molar-refractivity contribution >= 4 is 16.9 Å². The van der Waals surface area contributed by atoms with Gasteiger partial charge in [-0.2, -0.15) is 0 Å². The quantitative estimate of drug-likeness (QED) is 0.632. The van der Waals surface area contributed by atoms with Crippen LogP contribution in [0.25, 0.3) is 6.08 Å². The Morgan fingerprint density at radius 2 is 1.09 bits per heavy atom. The third kappa shape index (κ3) is 4.05. The molecule has 1 nitrogen and oxygen atoms in total. The maximum absolute atomic E-state index is 12.9. The van der Waals surface area contributed by atoms with Gasteiger partial charge in [0.05, 0.1) is 16.0 Å². The van der Waals surface area contributed by atoms with E-state index in [-0.39, 0.29) is 5.25 Å². The van der Waals surface area contributed by atoms with Gasteiger partial charge in [-0.05, 0) is 22.8 Å². The molecule has 3 aromatic rings. The number of hydrogen-bond acceptors (Lipinski definition) is 1. The highest BCUT2D eigenvalue weighted by Crippen LogP contribution is 2.29. The molecule has 3 aromatic carbocycles. The lowest BCUT2D eigenvalue weighted by Gasteiger charge is -2.15. The van der Waals surface area contributed by atoms with Gasteiger partial charge in [-0.1, -0.05) is 91.0 Å². The minimum atomic E-state index is -1.14. The van der Waals surface area contributed by atoms with Gasteiger partial charge in [-0.3, -0.25) is 4.21 Å². The van der Waals surface area contributed by atoms with Gasteiger partial charge in [0.25, 0.3) is 0 Å². The van der Waals surface area contributed by atoms with E-state index in [2.05, 4.69) is 0 Å². The SMILES string of the molecule is O=S(/C=C\c1ccccc1)C(c1ccccc1)c1ccccc1. The van der Waals surface area contributed by atoms with E-state index in [0.29, 0.717) is 0 Å². The molecule has 0 saturated heterocycles. The van der Waals surface area contributed by atoms with Gasteiger partial charge in [-0.15, -0.1) is 0 Å². The van der Waals surface area contributed by atoms with Crippen LogP contribution in [0.1, 0.15) is 21.9 Å². The molecule has 0 spiro atoms. The summed E-state index contributed by atoms with van der Waals surface area (Å²) in [6.45, 7) is 0. The molecule has 0 radical (unpaired) electrons. The zero-order valence-electron chi connectivity index (χ0n) is 12.7. The Kier molecular flexibility index (Phi) is 5.17. The highest BCUT2D eigenvalue weighted by molar-refractivity contribution is 7.88. The second kappa shape index (κ2) is 7.70. The van der Waals surface area contributed by atoms with Crippen molar-refractivity contribution in [1.29, 1.82) is 0 Å². The van der Waals surface area contributed by atoms with E-state index in [1.54, 1.807) is 5.41 Å². The molecule has 0 saturated carbocycles. The van der Waals surface area contributed by atoms with Crippen LogP contribution in [0.15, 0.2) is 96.4 Å². The van der Waals surface area contributed by atoms with E-state index in [0.717, 1.165) is 16.7 Å². The van der Waals surface area contributed by atoms with Crippen LogP contribution in [-0.2, 0) is 10.8 Å². The fraction of sp³-hybridized carbons (Fsp3) is 0.0476. The van der Waals surface area contributed by atoms with Crippen LogP contribution < -0.4 is 0 Å². The Balaban J connectivity index is 1.93. The largest absolute Gasteiger partial charge is 0.254 e. The predicted octanol–water partition coefficient (Wildman–Crippen LogP) is 5.20. The van der Waals surface area contributed by atoms with E-state index >= 15 is 0 Å². The number of benzene rings is 3. The molecule has 0 aliphatic heterocycles. The first-order valence-corrected chi connectivity index (χ1v) is 8.85. The van der Waals surface area contributed by atoms with Crippen molar-refractivity contribution in [3.63, 3.8) is 0 Å². The van der Waals surface area contributed by atoms with Crippen molar-refractivity contribution < 1.29 is 4.21 Å². The maximum atomic E-state index is 12.9. The molecule has 23 heavy (non-hydrogen) atoms. The van der Waals surface area contributed by atoms with Crippen LogP contribution in [-0.4, -0.2) is 4.21 Å². The highest BCUT2D eigenvalue weighted by Gasteiger charge is 2.18. The van der Waals surface area contributed by atoms with Crippen molar-refractivity contribution in [3.8, 4) is 0 Å². The van der Waals surface area contributed by atoms with Gasteiger partial charge >= 0.3 is 0 Å². The Hall–Kier alpha value is -2.45. The molecular weight excluding hydrogens is 300 g/mol. The summed E-state index contributed by atoms with van der Waals surface area (Å²) < 4.78 is 12.9. The molecule has 0 fully saturated rings. The lowest BCUT2D eigenvalue weighted by atomic mass is 10.0. The summed E-state index contributed by atoms with van der Waals surface area (Å²) in [4.78, 5) is 0. The van der Waals surface area contributed by atoms with E-state index in [1.165, 1.54) is 0 Å². The Morgan fingerprint density at radius 1 is 0.652 bits per heavy atom. The molecule has 114 valence electrons. The molecule has 1 atom stereocenters. The lowest BCUT2D eigenvalue weighted by Crippen LogP contribution is -2.06. The molecule has 3 rings (SSSR count). The van der Waals surface area contributed by atoms with Crippen molar-refractivity contribution in [2.75, 3.05) is 0 Å². The van der Waals surface area contributed by atoms with Crippen LogP contribution >= 0.6 is 0 Å². The van der Waals surface area contributed by atoms with Gasteiger partial charge in [0.15, 0.2) is 0 Å². The zero-order valence-corrected chi connectivity index (χ0v) is 13.5. The summed E-state index contributed by atoms with van der Waals surface area (Å²) in [6, 6.07) is 30.0. The second-order valence-corrected chi connectivity index (χ2v) is 6.64. The topological polar surface area (TPSA) is 17.1 Å². The average Bonchev–Trinajstić information content (AvgIpc) is 2.63. The Morgan fingerprint density at radius 3 is 1.57 bits per heavy atom. The fourth-order valence-electron chi connectivity index (χ4n) is 2.50. The van der Waals surface area contributed by atoms with E-state index in [1.807, 2.05) is 97.1 Å². The van der Waals surface area contributed by atoms with Crippen LogP contribution in [0.5, 0.6) is 0 Å². The summed E-state index contributed by atoms with van der Waals surface area (Å²) in [7, 11) is -1.14. The molecule has 0 heterocycles. The van der Waals surface area contributed by atoms with E-state index < -0.39 is 10.8 Å². The Labute approximate surface area is 139 Å². The first-order valence-electron chi connectivity index (χ1n) is 7.57. The van der Waals surface area contributed by atoms with Crippen LogP contribution in [0.3, 0.4) is 0 Å². The first-order chi connectivity index (χ1) is 11.3. The van der Waals surface area contributed by atoms with Crippen molar-refractivity contribution in [3.05, 3.63) is 113 Å². The van der Waals surface area contributed by atoms with Crippen molar-refractivity contribution in [2.45, 2.75) is 5.25 Å².